The number of hydrogen-bond donors (Lipinski definition) is 1. The third-order valence-corrected chi connectivity index (χ3v) is 1.31. The van der Waals surface area contributed by atoms with Crippen LogP contribution in [0.3, 0.4) is 0 Å². The van der Waals surface area contributed by atoms with Crippen LogP contribution in [-0.2, 0) is 14.3 Å². The molecule has 74 valence electrons. The molecule has 0 saturated carbocycles. The molecule has 1 atom stereocenters. The van der Waals surface area contributed by atoms with E-state index in [9.17, 15) is 9.59 Å². The van der Waals surface area contributed by atoms with E-state index < -0.39 is 12.1 Å². The van der Waals surface area contributed by atoms with Gasteiger partial charge in [-0.3, -0.25) is 0 Å². The van der Waals surface area contributed by atoms with Crippen LogP contribution in [-0.4, -0.2) is 29.8 Å². The Morgan fingerprint density at radius 3 is 2.86 bits per heavy atom. The summed E-state index contributed by atoms with van der Waals surface area (Å²) < 4.78 is 4.46. The number of ether oxygens (including phenoxy) is 1. The summed E-state index contributed by atoms with van der Waals surface area (Å²) in [4.78, 5) is 23.3. The van der Waals surface area contributed by atoms with Crippen LogP contribution < -0.4 is 0 Å². The summed E-state index contributed by atoms with van der Waals surface area (Å²) in [5.74, 6) is -1.12. The highest BCUT2D eigenvalue weighted by molar-refractivity contribution is 5.85. The maximum atomic E-state index is 10.4. The molecule has 0 radical (unpaired) electrons. The predicted molar refractivity (Wildman–Crippen MR) is 44.9 cm³/mol. The number of rotatable bonds is 5. The van der Waals surface area contributed by atoms with Gasteiger partial charge >= 0.3 is 5.97 Å². The third kappa shape index (κ3) is 4.70. The molecule has 1 N–H and O–H groups in total. The van der Waals surface area contributed by atoms with Gasteiger partial charge in [-0.05, 0) is 13.0 Å². The molecule has 0 saturated heterocycles. The van der Waals surface area contributed by atoms with Gasteiger partial charge in [-0.1, -0.05) is 0 Å². The first kappa shape index (κ1) is 11.9. The zero-order valence-corrected chi connectivity index (χ0v) is 7.43. The van der Waals surface area contributed by atoms with Crippen molar-refractivity contribution in [1.29, 1.82) is 5.26 Å². The highest BCUT2D eigenvalue weighted by Gasteiger charge is 2.08. The Balaban J connectivity index is 4.51. The summed E-state index contributed by atoms with van der Waals surface area (Å²) in [6, 6.07) is 0. The summed E-state index contributed by atoms with van der Waals surface area (Å²) in [6.07, 6.45) is 3.03. The van der Waals surface area contributed by atoms with E-state index in [-0.39, 0.29) is 12.1 Å². The zero-order valence-electron chi connectivity index (χ0n) is 7.43. The van der Waals surface area contributed by atoms with Crippen molar-refractivity contribution in [2.24, 2.45) is 4.99 Å². The van der Waals surface area contributed by atoms with Crippen LogP contribution in [0.5, 0.6) is 0 Å². The van der Waals surface area contributed by atoms with Crippen molar-refractivity contribution in [2.75, 3.05) is 6.54 Å². The van der Waals surface area contributed by atoms with Crippen LogP contribution in [0.15, 0.2) is 16.6 Å². The molecule has 0 fully saturated rings. The second-order valence-corrected chi connectivity index (χ2v) is 2.33. The van der Waals surface area contributed by atoms with E-state index >= 15 is 0 Å². The molecule has 0 aliphatic heterocycles. The molecule has 6 heteroatoms. The van der Waals surface area contributed by atoms with Gasteiger partial charge in [0, 0.05) is 5.57 Å². The summed E-state index contributed by atoms with van der Waals surface area (Å²) in [5, 5.41) is 16.7. The smallest absolute Gasteiger partial charge is 0.331 e. The van der Waals surface area contributed by atoms with Gasteiger partial charge in [0.05, 0.1) is 6.54 Å². The van der Waals surface area contributed by atoms with Crippen LogP contribution >= 0.6 is 0 Å². The molecule has 0 aliphatic carbocycles. The Morgan fingerprint density at radius 1 is 1.79 bits per heavy atom. The van der Waals surface area contributed by atoms with E-state index in [1.54, 1.807) is 0 Å². The Morgan fingerprint density at radius 2 is 2.43 bits per heavy atom. The van der Waals surface area contributed by atoms with E-state index in [1.165, 1.54) is 25.3 Å². The molecule has 0 bridgehead atoms. The van der Waals surface area contributed by atoms with E-state index in [0.29, 0.717) is 0 Å². The first-order chi connectivity index (χ1) is 6.61. The van der Waals surface area contributed by atoms with Crippen molar-refractivity contribution in [3.05, 3.63) is 11.6 Å². The van der Waals surface area contributed by atoms with Gasteiger partial charge in [-0.15, -0.1) is 0 Å². The molecule has 0 aliphatic rings. The highest BCUT2D eigenvalue weighted by Crippen LogP contribution is 2.00. The van der Waals surface area contributed by atoms with Gasteiger partial charge in [-0.25, -0.2) is 14.6 Å². The van der Waals surface area contributed by atoms with Crippen molar-refractivity contribution >= 4 is 12.0 Å². The number of aliphatic carboxylic acids is 1. The van der Waals surface area contributed by atoms with E-state index in [4.69, 9.17) is 10.4 Å². The lowest BCUT2D eigenvalue weighted by atomic mass is 10.2. The molecule has 1 unspecified atom stereocenters. The van der Waals surface area contributed by atoms with E-state index in [1.807, 2.05) is 0 Å². The standard InChI is InChI=1S/C8H8N2O4/c1-6(8(12)13)2-7(14-4-9)3-10-5-11/h2,7H,3H2,1H3,(H,12,13)/b6-2+. The fourth-order valence-corrected chi connectivity index (χ4v) is 0.669. The predicted octanol–water partition coefficient (Wildman–Crippen LogP) is 0.219. The van der Waals surface area contributed by atoms with Crippen molar-refractivity contribution in [2.45, 2.75) is 13.0 Å². The quantitative estimate of drug-likeness (QED) is 0.293. The lowest BCUT2D eigenvalue weighted by Crippen LogP contribution is -2.13. The minimum atomic E-state index is -1.12. The Labute approximate surface area is 80.1 Å². The van der Waals surface area contributed by atoms with Crippen LogP contribution in [0, 0.1) is 11.5 Å². The summed E-state index contributed by atoms with van der Waals surface area (Å²) in [7, 11) is 0. The number of carboxylic acids is 1. The number of carbonyl (C=O) groups excluding carboxylic acids is 1. The van der Waals surface area contributed by atoms with Crippen LogP contribution in [0.1, 0.15) is 6.92 Å². The fraction of sp³-hybridized carbons (Fsp3) is 0.375. The molecule has 0 spiro atoms. The van der Waals surface area contributed by atoms with Gasteiger partial charge in [0.15, 0.2) is 6.10 Å². The molecule has 0 aromatic heterocycles. The lowest BCUT2D eigenvalue weighted by Gasteiger charge is -2.05. The van der Waals surface area contributed by atoms with Crippen molar-refractivity contribution in [3.8, 4) is 6.26 Å². The maximum Gasteiger partial charge on any atom is 0.331 e. The SMILES string of the molecule is C/C(=C\C(CN=C=O)OC#N)C(=O)O. The van der Waals surface area contributed by atoms with Crippen molar-refractivity contribution in [3.63, 3.8) is 0 Å². The monoisotopic (exact) mass is 196 g/mol. The zero-order chi connectivity index (χ0) is 11.0. The summed E-state index contributed by atoms with van der Waals surface area (Å²) in [6.45, 7) is 1.22. The van der Waals surface area contributed by atoms with Gasteiger partial charge in [0.1, 0.15) is 0 Å². The normalized spacial score (nSPS) is 12.1. The average molecular weight is 196 g/mol. The summed E-state index contributed by atoms with van der Waals surface area (Å²) in [5.41, 5.74) is 0.0198. The van der Waals surface area contributed by atoms with Crippen LogP contribution in [0.4, 0.5) is 0 Å². The molecule has 0 heterocycles. The first-order valence-corrected chi connectivity index (χ1v) is 3.62. The number of carboxylic acid groups (broad SMARTS) is 1. The minimum absolute atomic E-state index is 0.0198. The fourth-order valence-electron chi connectivity index (χ4n) is 0.669. The molecule has 0 aromatic rings. The van der Waals surface area contributed by atoms with Crippen LogP contribution in [0.25, 0.3) is 0 Å². The van der Waals surface area contributed by atoms with E-state index in [0.717, 1.165) is 0 Å². The molecule has 14 heavy (non-hydrogen) atoms. The van der Waals surface area contributed by atoms with Gasteiger partial charge in [-0.2, -0.15) is 5.26 Å². The first-order valence-electron chi connectivity index (χ1n) is 3.62. The number of aliphatic imine (C=N–C) groups is 1. The third-order valence-electron chi connectivity index (χ3n) is 1.31. The Hall–Kier alpha value is -2.12. The second-order valence-electron chi connectivity index (χ2n) is 2.33. The number of nitrogens with zero attached hydrogens (tertiary/aromatic N) is 2. The minimum Gasteiger partial charge on any atom is -0.478 e. The second kappa shape index (κ2) is 6.40. The molecule has 0 aromatic carbocycles. The van der Waals surface area contributed by atoms with Crippen molar-refractivity contribution in [1.82, 2.24) is 0 Å². The lowest BCUT2D eigenvalue weighted by molar-refractivity contribution is -0.132. The topological polar surface area (TPSA) is 99.8 Å². The number of nitriles is 1. The van der Waals surface area contributed by atoms with Crippen LogP contribution in [0.2, 0.25) is 0 Å². The molecule has 0 rings (SSSR count). The molecule has 6 nitrogen and oxygen atoms in total. The number of isocyanates is 1. The van der Waals surface area contributed by atoms with Gasteiger partial charge in [0.2, 0.25) is 6.08 Å². The Kier molecular flexibility index (Phi) is 5.43. The van der Waals surface area contributed by atoms with Crippen molar-refractivity contribution < 1.29 is 19.4 Å². The highest BCUT2D eigenvalue weighted by atomic mass is 16.5. The maximum absolute atomic E-state index is 10.4. The molecule has 0 amide bonds. The molecular formula is C8H8N2O4. The van der Waals surface area contributed by atoms with Gasteiger partial charge in [0.25, 0.3) is 6.26 Å². The number of hydrogen-bond acceptors (Lipinski definition) is 5. The van der Waals surface area contributed by atoms with Gasteiger partial charge < -0.3 is 9.84 Å². The Bertz CT molecular complexity index is 323. The average Bonchev–Trinajstić information content (AvgIpc) is 2.14. The summed E-state index contributed by atoms with van der Waals surface area (Å²) >= 11 is 0. The molecular weight excluding hydrogens is 188 g/mol. The number of carbonyl (C=O) groups is 1. The largest absolute Gasteiger partial charge is 0.478 e. The van der Waals surface area contributed by atoms with E-state index in [2.05, 4.69) is 9.73 Å².